The van der Waals surface area contributed by atoms with Crippen LogP contribution >= 0.6 is 0 Å². The molecule has 0 amide bonds. The maximum atomic E-state index is 9.86. The average Bonchev–Trinajstić information content (AvgIpc) is 2.18. The Balaban J connectivity index is 2.85. The lowest BCUT2D eigenvalue weighted by atomic mass is 9.97. The second-order valence-electron chi connectivity index (χ2n) is 3.55. The highest BCUT2D eigenvalue weighted by Crippen LogP contribution is 2.23. The van der Waals surface area contributed by atoms with Crippen LogP contribution in [0, 0.1) is 26.2 Å². The first-order valence-electron chi connectivity index (χ1n) is 4.84. The summed E-state index contributed by atoms with van der Waals surface area (Å²) in [5.74, 6) is 2.54. The molecule has 0 bridgehead atoms. The summed E-state index contributed by atoms with van der Waals surface area (Å²) in [6.45, 7) is 4.08. The molecular formula is C13H16O. The van der Waals surface area contributed by atoms with Crippen molar-refractivity contribution in [2.75, 3.05) is 0 Å². The number of hydrogen-bond donors (Lipinski definition) is 1. The molecule has 1 rings (SSSR count). The van der Waals surface area contributed by atoms with Crippen LogP contribution in [0.3, 0.4) is 0 Å². The third-order valence-electron chi connectivity index (χ3n) is 2.57. The molecule has 1 aromatic carbocycles. The fourth-order valence-electron chi connectivity index (χ4n) is 1.51. The van der Waals surface area contributed by atoms with E-state index < -0.39 is 6.10 Å². The van der Waals surface area contributed by atoms with Gasteiger partial charge in [0.2, 0.25) is 0 Å². The number of terminal acetylenes is 1. The average molecular weight is 188 g/mol. The third kappa shape index (κ3) is 2.37. The van der Waals surface area contributed by atoms with E-state index in [0.717, 1.165) is 11.1 Å². The van der Waals surface area contributed by atoms with E-state index in [4.69, 9.17) is 6.42 Å². The first-order valence-corrected chi connectivity index (χ1v) is 4.84. The first-order chi connectivity index (χ1) is 6.66. The van der Waals surface area contributed by atoms with Gasteiger partial charge in [-0.25, -0.2) is 0 Å². The summed E-state index contributed by atoms with van der Waals surface area (Å²) in [6.07, 6.45) is 6.00. The standard InChI is InChI=1S/C13H16O/c1-4-5-9-13(14)12-8-6-7-10(2)11(12)3/h1,6-8,13-14H,5,9H2,2-3H3. The maximum absolute atomic E-state index is 9.86. The number of benzene rings is 1. The van der Waals surface area contributed by atoms with E-state index in [9.17, 15) is 5.11 Å². The van der Waals surface area contributed by atoms with Gasteiger partial charge in [-0.2, -0.15) is 0 Å². The molecule has 0 aliphatic rings. The molecule has 0 aliphatic carbocycles. The molecule has 1 unspecified atom stereocenters. The highest BCUT2D eigenvalue weighted by Gasteiger charge is 2.09. The zero-order chi connectivity index (χ0) is 10.6. The van der Waals surface area contributed by atoms with Crippen LogP contribution in [0.1, 0.15) is 35.6 Å². The second-order valence-corrected chi connectivity index (χ2v) is 3.55. The minimum atomic E-state index is -0.425. The van der Waals surface area contributed by atoms with Gasteiger partial charge in [0.05, 0.1) is 6.10 Å². The summed E-state index contributed by atoms with van der Waals surface area (Å²) in [5.41, 5.74) is 3.37. The summed E-state index contributed by atoms with van der Waals surface area (Å²) >= 11 is 0. The van der Waals surface area contributed by atoms with Crippen LogP contribution in [-0.4, -0.2) is 5.11 Å². The Morgan fingerprint density at radius 2 is 2.14 bits per heavy atom. The van der Waals surface area contributed by atoms with Crippen molar-refractivity contribution in [3.05, 3.63) is 34.9 Å². The van der Waals surface area contributed by atoms with Crippen molar-refractivity contribution in [2.45, 2.75) is 32.8 Å². The van der Waals surface area contributed by atoms with E-state index in [0.29, 0.717) is 12.8 Å². The van der Waals surface area contributed by atoms with E-state index in [2.05, 4.69) is 5.92 Å². The van der Waals surface area contributed by atoms with Crippen molar-refractivity contribution >= 4 is 0 Å². The number of rotatable bonds is 3. The van der Waals surface area contributed by atoms with Gasteiger partial charge in [0, 0.05) is 6.42 Å². The molecule has 14 heavy (non-hydrogen) atoms. The predicted octanol–water partition coefficient (Wildman–Crippen LogP) is 2.75. The molecule has 0 saturated carbocycles. The third-order valence-corrected chi connectivity index (χ3v) is 2.57. The molecule has 0 radical (unpaired) electrons. The predicted molar refractivity (Wildman–Crippen MR) is 58.9 cm³/mol. The Morgan fingerprint density at radius 1 is 1.43 bits per heavy atom. The van der Waals surface area contributed by atoms with Crippen molar-refractivity contribution < 1.29 is 5.11 Å². The van der Waals surface area contributed by atoms with Crippen LogP contribution in [0.15, 0.2) is 18.2 Å². The highest BCUT2D eigenvalue weighted by atomic mass is 16.3. The molecule has 0 aromatic heterocycles. The minimum Gasteiger partial charge on any atom is -0.388 e. The van der Waals surface area contributed by atoms with Crippen LogP contribution < -0.4 is 0 Å². The van der Waals surface area contributed by atoms with Crippen molar-refractivity contribution in [3.8, 4) is 12.3 Å². The normalized spacial score (nSPS) is 12.1. The van der Waals surface area contributed by atoms with Crippen molar-refractivity contribution in [2.24, 2.45) is 0 Å². The Hall–Kier alpha value is -1.26. The van der Waals surface area contributed by atoms with E-state index in [1.165, 1.54) is 5.56 Å². The topological polar surface area (TPSA) is 20.2 Å². The summed E-state index contributed by atoms with van der Waals surface area (Å²) in [4.78, 5) is 0. The molecular weight excluding hydrogens is 172 g/mol. The zero-order valence-corrected chi connectivity index (χ0v) is 8.75. The van der Waals surface area contributed by atoms with Crippen molar-refractivity contribution in [1.29, 1.82) is 0 Å². The lowest BCUT2D eigenvalue weighted by molar-refractivity contribution is 0.168. The quantitative estimate of drug-likeness (QED) is 0.723. The van der Waals surface area contributed by atoms with Crippen LogP contribution in [-0.2, 0) is 0 Å². The molecule has 1 N–H and O–H groups in total. The smallest absolute Gasteiger partial charge is 0.0801 e. The number of aryl methyl sites for hydroxylation is 1. The molecule has 1 atom stereocenters. The second kappa shape index (κ2) is 4.83. The van der Waals surface area contributed by atoms with E-state index in [-0.39, 0.29) is 0 Å². The zero-order valence-electron chi connectivity index (χ0n) is 8.75. The minimum absolute atomic E-state index is 0.425. The Kier molecular flexibility index (Phi) is 3.73. The van der Waals surface area contributed by atoms with Gasteiger partial charge in [0.15, 0.2) is 0 Å². The maximum Gasteiger partial charge on any atom is 0.0801 e. The van der Waals surface area contributed by atoms with E-state index in [1.54, 1.807) is 0 Å². The highest BCUT2D eigenvalue weighted by molar-refractivity contribution is 5.34. The molecule has 0 saturated heterocycles. The molecule has 0 fully saturated rings. The van der Waals surface area contributed by atoms with Crippen molar-refractivity contribution in [1.82, 2.24) is 0 Å². The van der Waals surface area contributed by atoms with Gasteiger partial charge in [-0.05, 0) is 37.0 Å². The van der Waals surface area contributed by atoms with Crippen LogP contribution in [0.5, 0.6) is 0 Å². The SMILES string of the molecule is C#CCCC(O)c1cccc(C)c1C. The lowest BCUT2D eigenvalue weighted by Crippen LogP contribution is -2.00. The largest absolute Gasteiger partial charge is 0.388 e. The van der Waals surface area contributed by atoms with Gasteiger partial charge >= 0.3 is 0 Å². The van der Waals surface area contributed by atoms with Crippen LogP contribution in [0.2, 0.25) is 0 Å². The Labute approximate surface area is 85.8 Å². The lowest BCUT2D eigenvalue weighted by Gasteiger charge is -2.13. The first kappa shape index (κ1) is 10.8. The fraction of sp³-hybridized carbons (Fsp3) is 0.385. The van der Waals surface area contributed by atoms with E-state index >= 15 is 0 Å². The van der Waals surface area contributed by atoms with Crippen LogP contribution in [0.25, 0.3) is 0 Å². The summed E-state index contributed by atoms with van der Waals surface area (Å²) in [6, 6.07) is 5.98. The Morgan fingerprint density at radius 3 is 2.79 bits per heavy atom. The van der Waals surface area contributed by atoms with Gasteiger partial charge < -0.3 is 5.11 Å². The summed E-state index contributed by atoms with van der Waals surface area (Å²) < 4.78 is 0. The number of aliphatic hydroxyl groups is 1. The van der Waals surface area contributed by atoms with Crippen molar-refractivity contribution in [3.63, 3.8) is 0 Å². The molecule has 1 nitrogen and oxygen atoms in total. The van der Waals surface area contributed by atoms with Crippen LogP contribution in [0.4, 0.5) is 0 Å². The summed E-state index contributed by atoms with van der Waals surface area (Å²) in [7, 11) is 0. The van der Waals surface area contributed by atoms with Gasteiger partial charge in [0.25, 0.3) is 0 Å². The number of aliphatic hydroxyl groups excluding tert-OH is 1. The summed E-state index contributed by atoms with van der Waals surface area (Å²) in [5, 5.41) is 9.86. The van der Waals surface area contributed by atoms with Gasteiger partial charge in [-0.1, -0.05) is 18.2 Å². The monoisotopic (exact) mass is 188 g/mol. The van der Waals surface area contributed by atoms with Gasteiger partial charge in [-0.15, -0.1) is 12.3 Å². The molecule has 0 spiro atoms. The molecule has 1 aromatic rings. The number of hydrogen-bond acceptors (Lipinski definition) is 1. The van der Waals surface area contributed by atoms with Gasteiger partial charge in [-0.3, -0.25) is 0 Å². The molecule has 0 aliphatic heterocycles. The van der Waals surface area contributed by atoms with Gasteiger partial charge in [0.1, 0.15) is 0 Å². The van der Waals surface area contributed by atoms with E-state index in [1.807, 2.05) is 32.0 Å². The fourth-order valence-corrected chi connectivity index (χ4v) is 1.51. The Bertz CT molecular complexity index is 347. The molecule has 74 valence electrons. The molecule has 0 heterocycles. The molecule has 1 heteroatoms.